The zero-order valence-electron chi connectivity index (χ0n) is 21.5. The number of rotatable bonds is 4. The van der Waals surface area contributed by atoms with Crippen LogP contribution in [0.15, 0.2) is 42.7 Å². The van der Waals surface area contributed by atoms with Crippen LogP contribution in [0.25, 0.3) is 0 Å². The van der Waals surface area contributed by atoms with E-state index in [1.165, 1.54) is 33.6 Å². The lowest BCUT2D eigenvalue weighted by molar-refractivity contribution is 0.638. The summed E-state index contributed by atoms with van der Waals surface area (Å²) in [5, 5.41) is 0. The van der Waals surface area contributed by atoms with Crippen molar-refractivity contribution in [1.82, 2.24) is 9.97 Å². The Morgan fingerprint density at radius 3 is 1.34 bits per heavy atom. The largest absolute Gasteiger partial charge is 0.393 e. The Bertz CT molecular complexity index is 1100. The molecule has 0 bridgehead atoms. The molecule has 2 aromatic carbocycles. The number of nitrogen functional groups attached to an aromatic ring is 1. The van der Waals surface area contributed by atoms with Gasteiger partial charge in [0.25, 0.3) is 0 Å². The third kappa shape index (κ3) is 4.47. The topological polar surface area (TPSA) is 64.8 Å². The molecule has 7 heteroatoms. The van der Waals surface area contributed by atoms with Gasteiger partial charge in [-0.3, -0.25) is 0 Å². The van der Waals surface area contributed by atoms with E-state index in [-0.39, 0.29) is 0 Å². The van der Waals surface area contributed by atoms with Crippen molar-refractivity contribution >= 4 is 28.7 Å². The first-order valence-corrected chi connectivity index (χ1v) is 12.7. The molecule has 0 atom stereocenters. The van der Waals surface area contributed by atoms with Crippen LogP contribution in [0.3, 0.4) is 0 Å². The minimum Gasteiger partial charge on any atom is -0.393 e. The lowest BCUT2D eigenvalue weighted by atomic mass is 10.1. The summed E-state index contributed by atoms with van der Waals surface area (Å²) in [4.78, 5) is 18.8. The molecule has 2 fully saturated rings. The van der Waals surface area contributed by atoms with Gasteiger partial charge in [-0.25, -0.2) is 9.97 Å². The Labute approximate surface area is 209 Å². The molecule has 3 heterocycles. The van der Waals surface area contributed by atoms with Crippen LogP contribution in [0.4, 0.5) is 28.7 Å². The molecular weight excluding hydrogens is 434 g/mol. The molecule has 3 aromatic rings. The predicted molar refractivity (Wildman–Crippen MR) is 147 cm³/mol. The third-order valence-corrected chi connectivity index (χ3v) is 7.83. The van der Waals surface area contributed by atoms with E-state index in [0.717, 1.165) is 64.0 Å². The average Bonchev–Trinajstić information content (AvgIpc) is 2.88. The number of aryl methyl sites for hydroxylation is 2. The van der Waals surface area contributed by atoms with Gasteiger partial charge in [0.05, 0.1) is 0 Å². The summed E-state index contributed by atoms with van der Waals surface area (Å²) in [6.45, 7) is 16.2. The molecular formula is C28H37N7. The third-order valence-electron chi connectivity index (χ3n) is 7.83. The number of benzene rings is 2. The maximum absolute atomic E-state index is 6.69. The van der Waals surface area contributed by atoms with E-state index >= 15 is 0 Å². The number of anilines is 5. The van der Waals surface area contributed by atoms with E-state index in [2.05, 4.69) is 93.7 Å². The van der Waals surface area contributed by atoms with Crippen LogP contribution in [0.2, 0.25) is 0 Å². The van der Waals surface area contributed by atoms with Crippen LogP contribution < -0.4 is 25.3 Å². The van der Waals surface area contributed by atoms with E-state index in [1.54, 1.807) is 6.33 Å². The van der Waals surface area contributed by atoms with Gasteiger partial charge in [-0.2, -0.15) is 0 Å². The highest BCUT2D eigenvalue weighted by Crippen LogP contribution is 2.32. The quantitative estimate of drug-likeness (QED) is 0.618. The van der Waals surface area contributed by atoms with Crippen LogP contribution in [0.5, 0.6) is 0 Å². The van der Waals surface area contributed by atoms with E-state index in [9.17, 15) is 0 Å². The highest BCUT2D eigenvalue weighted by molar-refractivity contribution is 5.76. The summed E-state index contributed by atoms with van der Waals surface area (Å²) in [5.74, 6) is 1.74. The van der Waals surface area contributed by atoms with Crippen molar-refractivity contribution in [3.8, 4) is 0 Å². The number of aromatic nitrogens is 2. The summed E-state index contributed by atoms with van der Waals surface area (Å²) >= 11 is 0. The molecule has 0 unspecified atom stereocenters. The number of hydrogen-bond acceptors (Lipinski definition) is 7. The van der Waals surface area contributed by atoms with Gasteiger partial charge >= 0.3 is 0 Å². The average molecular weight is 472 g/mol. The van der Waals surface area contributed by atoms with Crippen molar-refractivity contribution in [1.29, 1.82) is 0 Å². The molecule has 184 valence electrons. The van der Waals surface area contributed by atoms with Crippen LogP contribution >= 0.6 is 0 Å². The predicted octanol–water partition coefficient (Wildman–Crippen LogP) is 3.95. The van der Waals surface area contributed by atoms with E-state index in [4.69, 9.17) is 5.73 Å². The summed E-state index contributed by atoms with van der Waals surface area (Å²) in [6.07, 6.45) is 1.68. The van der Waals surface area contributed by atoms with Crippen molar-refractivity contribution in [3.63, 3.8) is 0 Å². The number of nitrogens with two attached hydrogens (primary N) is 1. The molecule has 0 amide bonds. The Morgan fingerprint density at radius 1 is 0.571 bits per heavy atom. The Balaban J connectivity index is 1.26. The second-order valence-corrected chi connectivity index (χ2v) is 9.82. The second-order valence-electron chi connectivity index (χ2n) is 9.82. The van der Waals surface area contributed by atoms with Gasteiger partial charge in [0.2, 0.25) is 0 Å². The summed E-state index contributed by atoms with van der Waals surface area (Å²) in [6, 6.07) is 13.1. The Morgan fingerprint density at radius 2 is 0.943 bits per heavy atom. The fourth-order valence-electron chi connectivity index (χ4n) is 5.36. The molecule has 7 nitrogen and oxygen atoms in total. The highest BCUT2D eigenvalue weighted by Gasteiger charge is 2.26. The first kappa shape index (κ1) is 23.3. The van der Waals surface area contributed by atoms with Gasteiger partial charge in [-0.05, 0) is 62.1 Å². The van der Waals surface area contributed by atoms with Gasteiger partial charge in [-0.1, -0.05) is 24.3 Å². The number of piperazine rings is 2. The van der Waals surface area contributed by atoms with Crippen LogP contribution in [0, 0.1) is 27.7 Å². The van der Waals surface area contributed by atoms with Crippen LogP contribution in [-0.2, 0) is 0 Å². The highest BCUT2D eigenvalue weighted by atomic mass is 15.3. The van der Waals surface area contributed by atoms with Gasteiger partial charge in [0, 0.05) is 63.7 Å². The van der Waals surface area contributed by atoms with Crippen molar-refractivity contribution in [2.24, 2.45) is 0 Å². The normalized spacial score (nSPS) is 16.7. The Kier molecular flexibility index (Phi) is 6.41. The zero-order chi connectivity index (χ0) is 24.5. The minimum atomic E-state index is 0.702. The number of hydrogen-bond donors (Lipinski definition) is 1. The first-order valence-electron chi connectivity index (χ1n) is 12.7. The molecule has 2 aliphatic rings. The fourth-order valence-corrected chi connectivity index (χ4v) is 5.36. The van der Waals surface area contributed by atoms with Gasteiger partial charge < -0.3 is 25.3 Å². The van der Waals surface area contributed by atoms with Gasteiger partial charge in [-0.15, -0.1) is 0 Å². The van der Waals surface area contributed by atoms with E-state index < -0.39 is 0 Å². The lowest BCUT2D eigenvalue weighted by Crippen LogP contribution is -2.48. The molecule has 1 aromatic heterocycles. The van der Waals surface area contributed by atoms with Crippen molar-refractivity contribution < 1.29 is 0 Å². The molecule has 35 heavy (non-hydrogen) atoms. The standard InChI is InChI=1S/C28H37N7/c1-20-7-5-9-24(22(20)3)32-11-15-34(16-12-32)27-26(29)28(31-19-30-27)35-17-13-33(14-18-35)25-10-6-8-21(2)23(25)4/h5-10,19H,11-18,29H2,1-4H3. The van der Waals surface area contributed by atoms with Crippen molar-refractivity contribution in [2.45, 2.75) is 27.7 Å². The minimum absolute atomic E-state index is 0.702. The smallest absolute Gasteiger partial charge is 0.157 e. The van der Waals surface area contributed by atoms with E-state index in [0.29, 0.717) is 5.69 Å². The summed E-state index contributed by atoms with van der Waals surface area (Å²) < 4.78 is 0. The van der Waals surface area contributed by atoms with Gasteiger partial charge in [0.1, 0.15) is 12.0 Å². The maximum Gasteiger partial charge on any atom is 0.157 e. The molecule has 0 spiro atoms. The molecule has 0 radical (unpaired) electrons. The second kappa shape index (κ2) is 9.64. The van der Waals surface area contributed by atoms with E-state index in [1.807, 2.05) is 0 Å². The molecule has 5 rings (SSSR count). The summed E-state index contributed by atoms with van der Waals surface area (Å²) in [5.41, 5.74) is 15.5. The monoisotopic (exact) mass is 471 g/mol. The van der Waals surface area contributed by atoms with Crippen molar-refractivity contribution in [3.05, 3.63) is 65.0 Å². The molecule has 2 N–H and O–H groups in total. The maximum atomic E-state index is 6.69. The Hall–Kier alpha value is -3.48. The van der Waals surface area contributed by atoms with Crippen LogP contribution in [0.1, 0.15) is 22.3 Å². The molecule has 0 saturated carbocycles. The lowest BCUT2D eigenvalue weighted by Gasteiger charge is -2.39. The molecule has 2 aliphatic heterocycles. The SMILES string of the molecule is Cc1cccc(N2CCN(c3ncnc(N4CCN(c5cccc(C)c5C)CC4)c3N)CC2)c1C. The fraction of sp³-hybridized carbons (Fsp3) is 0.429. The van der Waals surface area contributed by atoms with Gasteiger partial charge in [0.15, 0.2) is 11.6 Å². The van der Waals surface area contributed by atoms with Crippen molar-refractivity contribution in [2.75, 3.05) is 77.7 Å². The number of nitrogens with zero attached hydrogens (tertiary/aromatic N) is 6. The van der Waals surface area contributed by atoms with Crippen LogP contribution in [-0.4, -0.2) is 62.3 Å². The zero-order valence-corrected chi connectivity index (χ0v) is 21.5. The molecule has 2 saturated heterocycles. The molecule has 0 aliphatic carbocycles. The first-order chi connectivity index (χ1) is 16.9. The summed E-state index contributed by atoms with van der Waals surface area (Å²) in [7, 11) is 0.